The molecule has 0 unspecified atom stereocenters. The normalized spacial score (nSPS) is 37.1. The predicted octanol–water partition coefficient (Wildman–Crippen LogP) is 5.63. The molecule has 2 aliphatic carbocycles. The van der Waals surface area contributed by atoms with Crippen molar-refractivity contribution in [1.82, 2.24) is 17.7 Å². The average Bonchev–Trinajstić information content (AvgIpc) is 2.98. The molecule has 4 rings (SSSR count). The Bertz CT molecular complexity index is 533. The summed E-state index contributed by atoms with van der Waals surface area (Å²) in [4.78, 5) is 25.8. The lowest BCUT2D eigenvalue weighted by Gasteiger charge is -2.52. The molecule has 0 atom stereocenters. The van der Waals surface area contributed by atoms with Crippen molar-refractivity contribution in [3.8, 4) is 0 Å². The molecule has 2 heterocycles. The SMILES string of the molecule is O=C1N(Cl)C2(C3CCCCC3)N(Cl)C(=O)N(Cl)C2(C2CCCCC2)N1Cl. The van der Waals surface area contributed by atoms with Crippen molar-refractivity contribution in [2.45, 2.75) is 75.5 Å². The monoisotopic (exact) mass is 442 g/mol. The maximum Gasteiger partial charge on any atom is 0.353 e. The second-order valence-corrected chi connectivity index (χ2v) is 9.16. The second-order valence-electron chi connectivity index (χ2n) is 7.81. The zero-order valence-electron chi connectivity index (χ0n) is 14.3. The molecule has 4 amide bonds. The summed E-state index contributed by atoms with van der Waals surface area (Å²) in [6.45, 7) is 0. The van der Waals surface area contributed by atoms with Gasteiger partial charge in [0.2, 0.25) is 0 Å². The summed E-state index contributed by atoms with van der Waals surface area (Å²) in [5.74, 6) is -0.179. The molecule has 146 valence electrons. The molecule has 0 aromatic carbocycles. The Kier molecular flexibility index (Phi) is 4.86. The van der Waals surface area contributed by atoms with E-state index in [9.17, 15) is 9.59 Å². The van der Waals surface area contributed by atoms with Crippen molar-refractivity contribution in [2.75, 3.05) is 0 Å². The molecule has 2 aliphatic heterocycles. The highest BCUT2D eigenvalue weighted by Gasteiger charge is 2.83. The average molecular weight is 444 g/mol. The number of carbonyl (C=O) groups excluding carboxylic acids is 2. The van der Waals surface area contributed by atoms with E-state index in [4.69, 9.17) is 47.1 Å². The minimum atomic E-state index is -1.28. The highest BCUT2D eigenvalue weighted by atomic mass is 35.5. The Hall–Kier alpha value is -0.300. The van der Waals surface area contributed by atoms with Gasteiger partial charge in [0.25, 0.3) is 0 Å². The van der Waals surface area contributed by atoms with Crippen LogP contribution in [0.25, 0.3) is 0 Å². The third-order valence-corrected chi connectivity index (χ3v) is 8.37. The zero-order chi connectivity index (χ0) is 18.7. The van der Waals surface area contributed by atoms with E-state index in [-0.39, 0.29) is 11.8 Å². The lowest BCUT2D eigenvalue weighted by Crippen LogP contribution is -2.70. The van der Waals surface area contributed by atoms with Crippen molar-refractivity contribution in [3.63, 3.8) is 0 Å². The van der Waals surface area contributed by atoms with E-state index in [1.807, 2.05) is 0 Å². The van der Waals surface area contributed by atoms with Gasteiger partial charge in [-0.3, -0.25) is 0 Å². The summed E-state index contributed by atoms with van der Waals surface area (Å²) >= 11 is 26.3. The maximum absolute atomic E-state index is 12.9. The van der Waals surface area contributed by atoms with Crippen LogP contribution >= 0.6 is 47.1 Å². The number of amides is 4. The van der Waals surface area contributed by atoms with Crippen molar-refractivity contribution in [1.29, 1.82) is 0 Å². The van der Waals surface area contributed by atoms with Gasteiger partial charge in [0.05, 0.1) is 0 Å². The third kappa shape index (κ3) is 2.08. The van der Waals surface area contributed by atoms with Crippen molar-refractivity contribution >= 4 is 59.2 Å². The van der Waals surface area contributed by atoms with Crippen LogP contribution in [0, 0.1) is 11.8 Å². The first-order valence-electron chi connectivity index (χ1n) is 9.33. The molecule has 2 saturated heterocycles. The van der Waals surface area contributed by atoms with Crippen LogP contribution in [0.4, 0.5) is 9.59 Å². The molecule has 6 nitrogen and oxygen atoms in total. The van der Waals surface area contributed by atoms with Gasteiger partial charge in [-0.05, 0) is 25.7 Å². The van der Waals surface area contributed by atoms with E-state index in [1.54, 1.807) is 0 Å². The molecule has 0 bridgehead atoms. The largest absolute Gasteiger partial charge is 0.353 e. The quantitative estimate of drug-likeness (QED) is 0.519. The number of halogens is 4. The summed E-state index contributed by atoms with van der Waals surface area (Å²) in [6.07, 6.45) is 9.48. The van der Waals surface area contributed by atoms with Crippen LogP contribution in [-0.2, 0) is 0 Å². The Morgan fingerprint density at radius 1 is 0.577 bits per heavy atom. The maximum atomic E-state index is 12.9. The molecule has 4 fully saturated rings. The molecule has 2 saturated carbocycles. The van der Waals surface area contributed by atoms with E-state index in [1.165, 1.54) is 0 Å². The lowest BCUT2D eigenvalue weighted by molar-refractivity contribution is -0.0727. The third-order valence-electron chi connectivity index (χ3n) is 6.76. The van der Waals surface area contributed by atoms with Gasteiger partial charge in [0.15, 0.2) is 11.3 Å². The first-order chi connectivity index (χ1) is 12.4. The van der Waals surface area contributed by atoms with E-state index in [2.05, 4.69) is 0 Å². The molecule has 10 heteroatoms. The minimum Gasteiger partial charge on any atom is -0.245 e. The molecule has 26 heavy (non-hydrogen) atoms. The van der Waals surface area contributed by atoms with Gasteiger partial charge in [0, 0.05) is 58.9 Å². The minimum absolute atomic E-state index is 0.0893. The number of hydrogen-bond donors (Lipinski definition) is 0. The van der Waals surface area contributed by atoms with Crippen LogP contribution in [0.3, 0.4) is 0 Å². The van der Waals surface area contributed by atoms with Gasteiger partial charge in [-0.25, -0.2) is 27.3 Å². The zero-order valence-corrected chi connectivity index (χ0v) is 17.4. The van der Waals surface area contributed by atoms with Gasteiger partial charge in [-0.1, -0.05) is 38.5 Å². The van der Waals surface area contributed by atoms with Gasteiger partial charge in [0.1, 0.15) is 0 Å². The Labute approximate surface area is 173 Å². The number of urea groups is 2. The van der Waals surface area contributed by atoms with E-state index >= 15 is 0 Å². The predicted molar refractivity (Wildman–Crippen MR) is 100 cm³/mol. The molecule has 0 aromatic rings. The van der Waals surface area contributed by atoms with Crippen molar-refractivity contribution in [3.05, 3.63) is 0 Å². The number of rotatable bonds is 2. The van der Waals surface area contributed by atoms with E-state index < -0.39 is 23.4 Å². The molecule has 0 radical (unpaired) electrons. The number of nitrogens with zero attached hydrogens (tertiary/aromatic N) is 4. The van der Waals surface area contributed by atoms with Gasteiger partial charge in [-0.2, -0.15) is 0 Å². The van der Waals surface area contributed by atoms with Crippen LogP contribution in [0.1, 0.15) is 64.2 Å². The fourth-order valence-corrected chi connectivity index (χ4v) is 7.53. The summed E-state index contributed by atoms with van der Waals surface area (Å²) in [7, 11) is 0. The molecule has 0 N–H and O–H groups in total. The molecular weight excluding hydrogens is 422 g/mol. The fraction of sp³-hybridized carbons (Fsp3) is 0.875. The first-order valence-corrected chi connectivity index (χ1v) is 10.7. The van der Waals surface area contributed by atoms with E-state index in [0.717, 1.165) is 81.9 Å². The van der Waals surface area contributed by atoms with Crippen molar-refractivity contribution < 1.29 is 9.59 Å². The van der Waals surface area contributed by atoms with Crippen LogP contribution in [0.2, 0.25) is 0 Å². The summed E-state index contributed by atoms with van der Waals surface area (Å²) in [6, 6.07) is -1.15. The van der Waals surface area contributed by atoms with Gasteiger partial charge < -0.3 is 0 Å². The first kappa shape index (κ1) is 19.0. The molecule has 4 aliphatic rings. The highest BCUT2D eigenvalue weighted by Crippen LogP contribution is 2.64. The number of fused-ring (bicyclic) bond motifs is 1. The number of carbonyl (C=O) groups is 2. The van der Waals surface area contributed by atoms with Crippen LogP contribution in [0.15, 0.2) is 0 Å². The lowest BCUT2D eigenvalue weighted by atomic mass is 9.67. The Balaban J connectivity index is 1.94. The highest BCUT2D eigenvalue weighted by molar-refractivity contribution is 6.35. The van der Waals surface area contributed by atoms with Gasteiger partial charge in [-0.15, -0.1) is 0 Å². The smallest absolute Gasteiger partial charge is 0.245 e. The summed E-state index contributed by atoms with van der Waals surface area (Å²) in [5, 5.41) is 0. The van der Waals surface area contributed by atoms with Crippen molar-refractivity contribution in [2.24, 2.45) is 11.8 Å². The second kappa shape index (κ2) is 6.64. The summed E-state index contributed by atoms with van der Waals surface area (Å²) in [5.41, 5.74) is -2.56. The Morgan fingerprint density at radius 2 is 0.846 bits per heavy atom. The summed E-state index contributed by atoms with van der Waals surface area (Å²) < 4.78 is 4.21. The van der Waals surface area contributed by atoms with Gasteiger partial charge >= 0.3 is 12.1 Å². The van der Waals surface area contributed by atoms with Crippen LogP contribution in [-0.4, -0.2) is 41.1 Å². The van der Waals surface area contributed by atoms with E-state index in [0.29, 0.717) is 0 Å². The topological polar surface area (TPSA) is 47.1 Å². The fourth-order valence-electron chi connectivity index (χ4n) is 5.72. The molecule has 0 aromatic heterocycles. The Morgan fingerprint density at radius 3 is 1.12 bits per heavy atom. The van der Waals surface area contributed by atoms with Crippen LogP contribution in [0.5, 0.6) is 0 Å². The standard InChI is InChI=1S/C16H22Cl4N4O2/c17-21-13(25)23(19)16(12-9-5-2-6-10-12)15(21,11-7-3-1-4-8-11)22(18)14(26)24(16)20/h11-12H,1-10H2. The molecule has 0 spiro atoms. The van der Waals surface area contributed by atoms with Crippen LogP contribution < -0.4 is 0 Å². The number of hydrogen-bond acceptors (Lipinski definition) is 2. The molecular formula is C16H22Cl4N4O2.